The summed E-state index contributed by atoms with van der Waals surface area (Å²) in [6.07, 6.45) is 0. The van der Waals surface area contributed by atoms with Gasteiger partial charge in [0.2, 0.25) is 10.0 Å². The van der Waals surface area contributed by atoms with E-state index in [0.717, 1.165) is 14.8 Å². The van der Waals surface area contributed by atoms with Crippen molar-refractivity contribution in [2.45, 2.75) is 18.7 Å². The second-order valence-electron chi connectivity index (χ2n) is 6.86. The topological polar surface area (TPSA) is 110 Å². The van der Waals surface area contributed by atoms with Crippen molar-refractivity contribution in [3.8, 4) is 0 Å². The molecule has 2 aromatic carbocycles. The Morgan fingerprint density at radius 3 is 2.06 bits per heavy atom. The number of sulfonamides is 1. The molecule has 0 unspecified atom stereocenters. The first-order valence-electron chi connectivity index (χ1n) is 9.84. The second kappa shape index (κ2) is 11.4. The molecule has 0 atom stereocenters. The van der Waals surface area contributed by atoms with Crippen molar-refractivity contribution in [1.29, 1.82) is 0 Å². The van der Waals surface area contributed by atoms with Crippen LogP contribution in [-0.4, -0.2) is 63.9 Å². The van der Waals surface area contributed by atoms with E-state index in [1.807, 2.05) is 6.92 Å². The lowest BCUT2D eigenvalue weighted by Crippen LogP contribution is -2.40. The number of likely N-dealkylation sites (N-methyl/N-ethyl adjacent to an activating group) is 1. The highest BCUT2D eigenvalue weighted by Gasteiger charge is 2.25. The van der Waals surface area contributed by atoms with Crippen molar-refractivity contribution in [3.05, 3.63) is 60.2 Å². The molecule has 0 aliphatic rings. The lowest BCUT2D eigenvalue weighted by Gasteiger charge is -2.22. The number of benzene rings is 2. The van der Waals surface area contributed by atoms with Gasteiger partial charge in [0.05, 0.1) is 11.5 Å². The summed E-state index contributed by atoms with van der Waals surface area (Å²) in [5.41, 5.74) is 1.33. The highest BCUT2D eigenvalue weighted by atomic mass is 32.2. The Labute approximate surface area is 187 Å². The van der Waals surface area contributed by atoms with Crippen LogP contribution in [0.25, 0.3) is 0 Å². The largest absolute Gasteiger partial charge is 0.465 e. The highest BCUT2D eigenvalue weighted by molar-refractivity contribution is 7.89. The van der Waals surface area contributed by atoms with Crippen molar-refractivity contribution in [2.24, 2.45) is 0 Å². The molecule has 2 rings (SSSR count). The van der Waals surface area contributed by atoms with Crippen LogP contribution >= 0.6 is 0 Å². The summed E-state index contributed by atoms with van der Waals surface area (Å²) in [5, 5.41) is 0. The average Bonchev–Trinajstić information content (AvgIpc) is 2.77. The minimum atomic E-state index is -3.89. The van der Waals surface area contributed by atoms with E-state index in [4.69, 9.17) is 9.47 Å². The molecule has 9 nitrogen and oxygen atoms in total. The van der Waals surface area contributed by atoms with Crippen molar-refractivity contribution in [2.75, 3.05) is 38.3 Å². The van der Waals surface area contributed by atoms with E-state index >= 15 is 0 Å². The molecule has 0 aliphatic carbocycles. The number of rotatable bonds is 10. The molecule has 0 bridgehead atoms. The Bertz CT molecular complexity index is 1040. The molecular weight excluding hydrogens is 436 g/mol. The summed E-state index contributed by atoms with van der Waals surface area (Å²) < 4.78 is 35.9. The van der Waals surface area contributed by atoms with Gasteiger partial charge in [-0.1, -0.05) is 35.9 Å². The van der Waals surface area contributed by atoms with Crippen LogP contribution in [0, 0.1) is 6.92 Å². The zero-order valence-corrected chi connectivity index (χ0v) is 19.0. The average molecular weight is 463 g/mol. The fourth-order valence-corrected chi connectivity index (χ4v) is 3.81. The number of aryl methyl sites for hydroxylation is 1. The second-order valence-corrected chi connectivity index (χ2v) is 8.90. The molecule has 0 N–H and O–H groups in total. The van der Waals surface area contributed by atoms with Gasteiger partial charge in [-0.05, 0) is 38.1 Å². The van der Waals surface area contributed by atoms with E-state index in [-0.39, 0.29) is 18.0 Å². The summed E-state index contributed by atoms with van der Waals surface area (Å²) in [6.45, 7) is 2.05. The summed E-state index contributed by atoms with van der Waals surface area (Å²) in [7, 11) is -2.65. The number of para-hydroxylation sites is 1. The molecule has 172 valence electrons. The van der Waals surface area contributed by atoms with Gasteiger partial charge in [0.25, 0.3) is 5.91 Å². The van der Waals surface area contributed by atoms with E-state index in [0.29, 0.717) is 5.69 Å². The number of hydrogen-bond donors (Lipinski definition) is 0. The summed E-state index contributed by atoms with van der Waals surface area (Å²) in [6, 6.07) is 14.6. The van der Waals surface area contributed by atoms with Crippen LogP contribution in [0.3, 0.4) is 0 Å². The third-order valence-corrected chi connectivity index (χ3v) is 6.22. The number of carbonyl (C=O) groups excluding carboxylic acids is 3. The molecule has 10 heteroatoms. The summed E-state index contributed by atoms with van der Waals surface area (Å²) >= 11 is 0. The fourth-order valence-electron chi connectivity index (χ4n) is 2.69. The molecule has 0 aromatic heterocycles. The van der Waals surface area contributed by atoms with E-state index in [9.17, 15) is 22.8 Å². The van der Waals surface area contributed by atoms with Gasteiger partial charge < -0.3 is 9.47 Å². The molecule has 32 heavy (non-hydrogen) atoms. The molecular formula is C22H26N2O7S. The number of anilines is 1. The van der Waals surface area contributed by atoms with Gasteiger partial charge in [-0.3, -0.25) is 19.3 Å². The fraction of sp³-hybridized carbons (Fsp3) is 0.318. The number of hydrogen-bond acceptors (Lipinski definition) is 7. The predicted molar refractivity (Wildman–Crippen MR) is 117 cm³/mol. The Balaban J connectivity index is 2.00. The van der Waals surface area contributed by atoms with Gasteiger partial charge >= 0.3 is 11.9 Å². The molecule has 0 aliphatic heterocycles. The standard InChI is InChI=1S/C22H26N2O7S/c1-4-30-22(27)15-24(18-8-6-5-7-9-18)20(25)16-31-21(26)14-23(3)32(28,29)19-12-10-17(2)11-13-19/h5-13H,4,14-16H2,1-3H3. The van der Waals surface area contributed by atoms with Gasteiger partial charge in [-0.25, -0.2) is 8.42 Å². The number of carbonyl (C=O) groups is 3. The highest BCUT2D eigenvalue weighted by Crippen LogP contribution is 2.16. The predicted octanol–water partition coefficient (Wildman–Crippen LogP) is 1.76. The smallest absolute Gasteiger partial charge is 0.326 e. The zero-order chi connectivity index (χ0) is 23.7. The van der Waals surface area contributed by atoms with Crippen LogP contribution in [0.1, 0.15) is 12.5 Å². The van der Waals surface area contributed by atoms with E-state index in [1.54, 1.807) is 49.4 Å². The Morgan fingerprint density at radius 2 is 1.47 bits per heavy atom. The van der Waals surface area contributed by atoms with Crippen LogP contribution < -0.4 is 4.90 Å². The van der Waals surface area contributed by atoms with Crippen LogP contribution in [0.15, 0.2) is 59.5 Å². The van der Waals surface area contributed by atoms with E-state index in [2.05, 4.69) is 0 Å². The Kier molecular flexibility index (Phi) is 8.91. The van der Waals surface area contributed by atoms with Crippen LogP contribution in [0.5, 0.6) is 0 Å². The molecule has 0 fully saturated rings. The lowest BCUT2D eigenvalue weighted by atomic mass is 10.2. The number of ether oxygens (including phenoxy) is 2. The molecule has 2 aromatic rings. The monoisotopic (exact) mass is 462 g/mol. The molecule has 0 saturated heterocycles. The van der Waals surface area contributed by atoms with Gasteiger partial charge in [0.1, 0.15) is 13.1 Å². The maximum absolute atomic E-state index is 12.6. The maximum atomic E-state index is 12.6. The first-order valence-corrected chi connectivity index (χ1v) is 11.3. The van der Waals surface area contributed by atoms with Gasteiger partial charge in [-0.2, -0.15) is 4.31 Å². The zero-order valence-electron chi connectivity index (χ0n) is 18.2. The quantitative estimate of drug-likeness (QED) is 0.495. The first-order chi connectivity index (χ1) is 15.1. The van der Waals surface area contributed by atoms with Crippen LogP contribution in [-0.2, 0) is 33.9 Å². The van der Waals surface area contributed by atoms with E-state index < -0.39 is 41.0 Å². The molecule has 0 spiro atoms. The minimum Gasteiger partial charge on any atom is -0.465 e. The molecule has 0 saturated carbocycles. The molecule has 1 amide bonds. The Morgan fingerprint density at radius 1 is 0.875 bits per heavy atom. The van der Waals surface area contributed by atoms with Gasteiger partial charge in [0.15, 0.2) is 6.61 Å². The molecule has 0 radical (unpaired) electrons. The number of esters is 2. The maximum Gasteiger partial charge on any atom is 0.326 e. The van der Waals surface area contributed by atoms with Crippen molar-refractivity contribution in [1.82, 2.24) is 4.31 Å². The summed E-state index contributed by atoms with van der Waals surface area (Å²) in [4.78, 5) is 37.9. The van der Waals surface area contributed by atoms with Crippen molar-refractivity contribution < 1.29 is 32.3 Å². The third kappa shape index (κ3) is 6.89. The van der Waals surface area contributed by atoms with Crippen molar-refractivity contribution >= 4 is 33.6 Å². The number of amides is 1. The van der Waals surface area contributed by atoms with Gasteiger partial charge in [-0.15, -0.1) is 0 Å². The van der Waals surface area contributed by atoms with Gasteiger partial charge in [0, 0.05) is 12.7 Å². The van der Waals surface area contributed by atoms with Crippen LogP contribution in [0.2, 0.25) is 0 Å². The lowest BCUT2D eigenvalue weighted by molar-refractivity contribution is -0.148. The first kappa shape index (κ1) is 25.0. The Hall–Kier alpha value is -3.24. The van der Waals surface area contributed by atoms with Crippen molar-refractivity contribution in [3.63, 3.8) is 0 Å². The van der Waals surface area contributed by atoms with E-state index in [1.165, 1.54) is 19.2 Å². The third-order valence-electron chi connectivity index (χ3n) is 4.40. The summed E-state index contributed by atoms with van der Waals surface area (Å²) in [5.74, 6) is -2.16. The normalized spacial score (nSPS) is 11.1. The number of nitrogens with zero attached hydrogens (tertiary/aromatic N) is 2. The minimum absolute atomic E-state index is 0.0409. The molecule has 0 heterocycles. The SMILES string of the molecule is CCOC(=O)CN(C(=O)COC(=O)CN(C)S(=O)(=O)c1ccc(C)cc1)c1ccccc1. The van der Waals surface area contributed by atoms with Crippen LogP contribution in [0.4, 0.5) is 5.69 Å².